The lowest BCUT2D eigenvalue weighted by atomic mass is 9.89. The fraction of sp³-hybridized carbons (Fsp3) is 0.212. The molecule has 1 aliphatic heterocycles. The minimum Gasteiger partial charge on any atom is -0.488 e. The monoisotopic (exact) mass is 617 g/mol. The number of halogens is 7. The van der Waals surface area contributed by atoms with E-state index in [0.717, 1.165) is 17.7 Å². The number of benzene rings is 4. The summed E-state index contributed by atoms with van der Waals surface area (Å²) in [4.78, 5) is 0. The van der Waals surface area contributed by atoms with Gasteiger partial charge in [0.2, 0.25) is 0 Å². The van der Waals surface area contributed by atoms with E-state index in [9.17, 15) is 26.3 Å². The van der Waals surface area contributed by atoms with Gasteiger partial charge in [-0.25, -0.2) is 0 Å². The third kappa shape index (κ3) is 7.17. The zero-order valence-electron chi connectivity index (χ0n) is 22.7. The van der Waals surface area contributed by atoms with Crippen LogP contribution in [0.2, 0.25) is 5.02 Å². The Balaban J connectivity index is 1.60. The SMILES string of the molecule is FC(F)(F)c1ccccc1OCc1cc(-c2ccccc2Cl)c(COc2ccccc2C(F)(F)F)cc1C1=CCNCC1. The summed E-state index contributed by atoms with van der Waals surface area (Å²) in [6, 6.07) is 20.5. The lowest BCUT2D eigenvalue weighted by molar-refractivity contribution is -0.139. The molecule has 1 aliphatic rings. The first kappa shape index (κ1) is 30.5. The van der Waals surface area contributed by atoms with E-state index in [1.165, 1.54) is 36.4 Å². The fourth-order valence-corrected chi connectivity index (χ4v) is 5.23. The first-order valence-electron chi connectivity index (χ1n) is 13.4. The highest BCUT2D eigenvalue weighted by molar-refractivity contribution is 6.33. The molecular weight excluding hydrogens is 592 g/mol. The van der Waals surface area contributed by atoms with Crippen molar-refractivity contribution in [3.63, 3.8) is 0 Å². The third-order valence-electron chi connectivity index (χ3n) is 7.05. The van der Waals surface area contributed by atoms with Crippen molar-refractivity contribution < 1.29 is 35.8 Å². The highest BCUT2D eigenvalue weighted by Crippen LogP contribution is 2.40. The number of nitrogens with one attached hydrogen (secondary N) is 1. The van der Waals surface area contributed by atoms with Gasteiger partial charge < -0.3 is 14.8 Å². The quantitative estimate of drug-likeness (QED) is 0.200. The fourth-order valence-electron chi connectivity index (χ4n) is 4.99. The van der Waals surface area contributed by atoms with Crippen molar-refractivity contribution in [1.29, 1.82) is 0 Å². The summed E-state index contributed by atoms with van der Waals surface area (Å²) in [6.07, 6.45) is -6.60. The second-order valence-electron chi connectivity index (χ2n) is 9.90. The van der Waals surface area contributed by atoms with Crippen LogP contribution in [0.25, 0.3) is 16.7 Å². The lowest BCUT2D eigenvalue weighted by Gasteiger charge is -2.23. The highest BCUT2D eigenvalue weighted by atomic mass is 35.5. The number of para-hydroxylation sites is 2. The van der Waals surface area contributed by atoms with Crippen LogP contribution in [0.3, 0.4) is 0 Å². The summed E-state index contributed by atoms with van der Waals surface area (Å²) >= 11 is 6.55. The number of ether oxygens (including phenoxy) is 2. The van der Waals surface area contributed by atoms with Gasteiger partial charge in [0.1, 0.15) is 24.7 Å². The van der Waals surface area contributed by atoms with Crippen LogP contribution in [0.5, 0.6) is 11.5 Å². The topological polar surface area (TPSA) is 30.5 Å². The Hall–Kier alpha value is -3.95. The molecule has 224 valence electrons. The van der Waals surface area contributed by atoms with Crippen molar-refractivity contribution in [1.82, 2.24) is 5.32 Å². The molecule has 0 saturated heterocycles. The minimum atomic E-state index is -4.61. The molecule has 0 saturated carbocycles. The minimum absolute atomic E-state index is 0.192. The standard InChI is InChI=1S/C33H26ClF6NO2/c34-29-10-4-1-7-24(29)26-18-22(19-42-30-11-5-2-8-27(30)32(35,36)37)25(21-13-15-41-16-14-21)17-23(26)20-43-31-12-6-3-9-28(31)33(38,39)40/h1-13,17-18,41H,14-16,19-20H2. The summed E-state index contributed by atoms with van der Waals surface area (Å²) in [5.74, 6) is -0.630. The summed E-state index contributed by atoms with van der Waals surface area (Å²) in [5, 5.41) is 3.62. The molecule has 5 rings (SSSR count). The van der Waals surface area contributed by atoms with E-state index in [1.807, 2.05) is 6.08 Å². The van der Waals surface area contributed by atoms with Gasteiger partial charge in [0.05, 0.1) is 11.1 Å². The lowest BCUT2D eigenvalue weighted by Crippen LogP contribution is -2.20. The number of hydrogen-bond donors (Lipinski definition) is 1. The Morgan fingerprint density at radius 1 is 0.651 bits per heavy atom. The average Bonchev–Trinajstić information content (AvgIpc) is 2.99. The van der Waals surface area contributed by atoms with E-state index in [-0.39, 0.29) is 24.7 Å². The molecule has 43 heavy (non-hydrogen) atoms. The molecule has 4 aromatic carbocycles. The maximum Gasteiger partial charge on any atom is 0.419 e. The van der Waals surface area contributed by atoms with E-state index in [0.29, 0.717) is 52.4 Å². The largest absolute Gasteiger partial charge is 0.488 e. The number of rotatable bonds is 8. The summed E-state index contributed by atoms with van der Waals surface area (Å²) in [5.41, 5.74) is 2.17. The Kier molecular flexibility index (Phi) is 9.03. The molecule has 0 unspecified atom stereocenters. The molecule has 10 heteroatoms. The summed E-state index contributed by atoms with van der Waals surface area (Å²) in [6.45, 7) is 0.858. The molecule has 0 aliphatic carbocycles. The van der Waals surface area contributed by atoms with Crippen molar-refractivity contribution in [2.24, 2.45) is 0 Å². The second-order valence-corrected chi connectivity index (χ2v) is 10.3. The summed E-state index contributed by atoms with van der Waals surface area (Å²) < 4.78 is 93.5. The normalized spacial score (nSPS) is 13.9. The highest BCUT2D eigenvalue weighted by Gasteiger charge is 2.35. The molecule has 1 heterocycles. The first-order valence-corrected chi connectivity index (χ1v) is 13.8. The zero-order valence-corrected chi connectivity index (χ0v) is 23.4. The van der Waals surface area contributed by atoms with Crippen molar-refractivity contribution in [3.8, 4) is 22.6 Å². The Morgan fingerprint density at radius 3 is 1.70 bits per heavy atom. The first-order chi connectivity index (χ1) is 20.5. The number of alkyl halides is 6. The second kappa shape index (κ2) is 12.7. The van der Waals surface area contributed by atoms with Crippen LogP contribution in [-0.4, -0.2) is 13.1 Å². The Morgan fingerprint density at radius 2 is 1.16 bits per heavy atom. The number of hydrogen-bond acceptors (Lipinski definition) is 3. The van der Waals surface area contributed by atoms with E-state index in [2.05, 4.69) is 5.32 Å². The molecule has 1 N–H and O–H groups in total. The van der Waals surface area contributed by atoms with Gasteiger partial charge in [0.15, 0.2) is 0 Å². The van der Waals surface area contributed by atoms with E-state index in [1.54, 1.807) is 36.4 Å². The van der Waals surface area contributed by atoms with Gasteiger partial charge in [-0.2, -0.15) is 26.3 Å². The molecule has 0 amide bonds. The smallest absolute Gasteiger partial charge is 0.419 e. The van der Waals surface area contributed by atoms with Crippen LogP contribution in [-0.2, 0) is 25.6 Å². The van der Waals surface area contributed by atoms with Crippen molar-refractivity contribution in [2.45, 2.75) is 32.0 Å². The van der Waals surface area contributed by atoms with Crippen molar-refractivity contribution >= 4 is 17.2 Å². The molecular formula is C33H26ClF6NO2. The molecule has 0 bridgehead atoms. The maximum atomic E-state index is 13.7. The van der Waals surface area contributed by atoms with Gasteiger partial charge >= 0.3 is 12.4 Å². The van der Waals surface area contributed by atoms with Crippen LogP contribution in [0, 0.1) is 0 Å². The van der Waals surface area contributed by atoms with E-state index < -0.39 is 23.5 Å². The maximum absolute atomic E-state index is 13.7. The van der Waals surface area contributed by atoms with E-state index >= 15 is 0 Å². The van der Waals surface area contributed by atoms with Gasteiger partial charge in [0.25, 0.3) is 0 Å². The van der Waals surface area contributed by atoms with Gasteiger partial charge in [-0.05, 0) is 83.3 Å². The van der Waals surface area contributed by atoms with Crippen molar-refractivity contribution in [2.75, 3.05) is 13.1 Å². The molecule has 0 spiro atoms. The van der Waals surface area contributed by atoms with Gasteiger partial charge in [-0.15, -0.1) is 0 Å². The van der Waals surface area contributed by atoms with Crippen LogP contribution in [0.1, 0.15) is 34.2 Å². The van der Waals surface area contributed by atoms with Gasteiger partial charge in [-0.3, -0.25) is 0 Å². The predicted octanol–water partition coefficient (Wildman–Crippen LogP) is 9.58. The Labute approximate surface area is 249 Å². The van der Waals surface area contributed by atoms with Crippen LogP contribution >= 0.6 is 11.6 Å². The van der Waals surface area contributed by atoms with Crippen LogP contribution in [0.4, 0.5) is 26.3 Å². The molecule has 4 aromatic rings. The molecule has 0 atom stereocenters. The van der Waals surface area contributed by atoms with Crippen molar-refractivity contribution in [3.05, 3.63) is 124 Å². The molecule has 0 radical (unpaired) electrons. The summed E-state index contributed by atoms with van der Waals surface area (Å²) in [7, 11) is 0. The van der Waals surface area contributed by atoms with Crippen LogP contribution in [0.15, 0.2) is 91.0 Å². The van der Waals surface area contributed by atoms with Crippen LogP contribution < -0.4 is 14.8 Å². The molecule has 0 aromatic heterocycles. The zero-order chi connectivity index (χ0) is 30.6. The molecule has 0 fully saturated rings. The Bertz CT molecular complexity index is 1630. The predicted molar refractivity (Wildman–Crippen MR) is 154 cm³/mol. The van der Waals surface area contributed by atoms with Gasteiger partial charge in [0, 0.05) is 17.1 Å². The average molecular weight is 618 g/mol. The van der Waals surface area contributed by atoms with Gasteiger partial charge in [-0.1, -0.05) is 60.1 Å². The van der Waals surface area contributed by atoms with E-state index in [4.69, 9.17) is 21.1 Å². The molecule has 3 nitrogen and oxygen atoms in total. The third-order valence-corrected chi connectivity index (χ3v) is 7.38.